The summed E-state index contributed by atoms with van der Waals surface area (Å²) in [4.78, 5) is 55.4. The fourth-order valence-electron chi connectivity index (χ4n) is 8.38. The van der Waals surface area contributed by atoms with E-state index in [9.17, 15) is 32.7 Å². The van der Waals surface area contributed by atoms with Crippen molar-refractivity contribution in [2.75, 3.05) is 37.0 Å². The number of oxazole rings is 2. The van der Waals surface area contributed by atoms with E-state index >= 15 is 0 Å². The van der Waals surface area contributed by atoms with Crippen LogP contribution in [0.4, 0.5) is 24.9 Å². The number of aromatic hydroxyl groups is 1. The predicted octanol–water partition coefficient (Wildman–Crippen LogP) is 3.56. The van der Waals surface area contributed by atoms with E-state index in [2.05, 4.69) is 15.3 Å². The molecule has 0 radical (unpaired) electrons. The number of amides is 2. The molecule has 16 heteroatoms. The summed E-state index contributed by atoms with van der Waals surface area (Å²) in [6.07, 6.45) is -1.78. The fraction of sp³-hybridized carbons (Fsp3) is 0.531. The molecule has 1 aromatic carbocycles. The maximum Gasteiger partial charge on any atom is 0.394 e. The van der Waals surface area contributed by atoms with Crippen molar-refractivity contribution in [2.45, 2.75) is 75.8 Å². The van der Waals surface area contributed by atoms with Gasteiger partial charge in [-0.3, -0.25) is 14.4 Å². The van der Waals surface area contributed by atoms with Gasteiger partial charge in [0.1, 0.15) is 29.1 Å². The number of rotatable bonds is 7. The Labute approximate surface area is 271 Å². The number of piperazine rings is 1. The number of nitrogens with one attached hydrogen (secondary N) is 1. The second kappa shape index (κ2) is 10.1. The zero-order chi connectivity index (χ0) is 33.9. The number of hydrogen-bond acceptors (Lipinski definition) is 10. The first-order valence-electron chi connectivity index (χ1n) is 16.0. The molecule has 2 N–H and O–H groups in total. The van der Waals surface area contributed by atoms with Crippen LogP contribution in [0.5, 0.6) is 5.75 Å². The Balaban J connectivity index is 1.13. The molecule has 5 fully saturated rings. The average Bonchev–Trinajstić information content (AvgIpc) is 3.63. The monoisotopic (exact) mass is 669 g/mol. The van der Waals surface area contributed by atoms with E-state index in [1.54, 1.807) is 34.5 Å². The van der Waals surface area contributed by atoms with E-state index in [1.165, 1.54) is 12.5 Å². The van der Waals surface area contributed by atoms with Crippen LogP contribution in [0, 0.1) is 5.41 Å². The molecule has 3 aromatic heterocycles. The third kappa shape index (κ3) is 4.19. The lowest BCUT2D eigenvalue weighted by Gasteiger charge is -2.70. The Bertz CT molecular complexity index is 2050. The fourth-order valence-corrected chi connectivity index (χ4v) is 8.38. The standard InChI is InChI=1S/C32H34F3N7O6/c1-4-17-24(40-9-10-41(19-7-6-18(19)40)27(46)22-20(43)8-5-16-26(22)47-15-36-16)25(45)23-28(48-29(37-23)39(2)3)42(17)11-21(44)38-31-12-30(13-31,14-31)32(33,34)35/h5,8,15,18-19,43H,4,6-7,9-14H2,1-3H3,(H,38,44)/t18-,19-,30?,31?/m1/s1. The average molecular weight is 670 g/mol. The van der Waals surface area contributed by atoms with Crippen LogP contribution in [-0.4, -0.2) is 87.3 Å². The van der Waals surface area contributed by atoms with Crippen LogP contribution >= 0.6 is 0 Å². The molecule has 1 saturated heterocycles. The number of anilines is 2. The van der Waals surface area contributed by atoms with Crippen LogP contribution < -0.4 is 20.5 Å². The quantitative estimate of drug-likeness (QED) is 0.299. The molecule has 0 unspecified atom stereocenters. The van der Waals surface area contributed by atoms with E-state index in [0.717, 1.165) is 0 Å². The number of carbonyl (C=O) groups excluding carboxylic acids is 2. The minimum atomic E-state index is -4.30. The largest absolute Gasteiger partial charge is 0.507 e. The van der Waals surface area contributed by atoms with Crippen molar-refractivity contribution in [3.8, 4) is 5.75 Å². The van der Waals surface area contributed by atoms with Gasteiger partial charge in [0, 0.05) is 44.5 Å². The number of halogens is 3. The Kier molecular flexibility index (Phi) is 6.45. The molecular weight excluding hydrogens is 635 g/mol. The smallest absolute Gasteiger partial charge is 0.394 e. The van der Waals surface area contributed by atoms with Crippen molar-refractivity contribution in [2.24, 2.45) is 5.41 Å². The molecule has 4 aromatic rings. The molecule has 4 saturated carbocycles. The second-order valence-electron chi connectivity index (χ2n) is 13.8. The van der Waals surface area contributed by atoms with Gasteiger partial charge in [-0.25, -0.2) is 4.98 Å². The van der Waals surface area contributed by atoms with Gasteiger partial charge >= 0.3 is 6.18 Å². The van der Waals surface area contributed by atoms with Crippen molar-refractivity contribution >= 4 is 45.8 Å². The Morgan fingerprint density at radius 1 is 1.15 bits per heavy atom. The molecule has 0 spiro atoms. The van der Waals surface area contributed by atoms with Gasteiger partial charge in [-0.15, -0.1) is 0 Å². The summed E-state index contributed by atoms with van der Waals surface area (Å²) in [5.41, 5.74) is -1.22. The first-order valence-corrected chi connectivity index (χ1v) is 16.0. The Morgan fingerprint density at radius 2 is 1.88 bits per heavy atom. The molecule has 4 aliphatic carbocycles. The number of aromatic nitrogens is 3. The summed E-state index contributed by atoms with van der Waals surface area (Å²) in [7, 11) is 3.42. The highest BCUT2D eigenvalue weighted by Crippen LogP contribution is 2.73. The normalized spacial score (nSPS) is 26.1. The first kappa shape index (κ1) is 30.6. The molecule has 13 nitrogen and oxygen atoms in total. The topological polar surface area (TPSA) is 150 Å². The van der Waals surface area contributed by atoms with E-state index in [1.807, 2.05) is 11.8 Å². The molecule has 2 atom stereocenters. The maximum atomic E-state index is 14.2. The number of hydrogen-bond donors (Lipinski definition) is 2. The lowest BCUT2D eigenvalue weighted by Crippen LogP contribution is -2.78. The van der Waals surface area contributed by atoms with E-state index in [-0.39, 0.29) is 84.0 Å². The van der Waals surface area contributed by atoms with Crippen molar-refractivity contribution in [3.63, 3.8) is 0 Å². The molecule has 48 heavy (non-hydrogen) atoms. The van der Waals surface area contributed by atoms with Crippen molar-refractivity contribution in [1.82, 2.24) is 24.8 Å². The number of nitrogens with zero attached hydrogens (tertiary/aromatic N) is 6. The summed E-state index contributed by atoms with van der Waals surface area (Å²) in [5, 5.41) is 13.5. The molecule has 5 aliphatic rings. The predicted molar refractivity (Wildman–Crippen MR) is 166 cm³/mol. The number of phenols is 1. The highest BCUT2D eigenvalue weighted by molar-refractivity contribution is 6.07. The van der Waals surface area contributed by atoms with Gasteiger partial charge in [-0.1, -0.05) is 6.92 Å². The van der Waals surface area contributed by atoms with Crippen LogP contribution in [0.3, 0.4) is 0 Å². The highest BCUT2D eigenvalue weighted by atomic mass is 19.4. The summed E-state index contributed by atoms with van der Waals surface area (Å²) in [6.45, 7) is 2.12. The number of benzene rings is 1. The molecule has 2 bridgehead atoms. The van der Waals surface area contributed by atoms with Gasteiger partial charge in [0.2, 0.25) is 17.0 Å². The third-order valence-electron chi connectivity index (χ3n) is 10.8. The minimum absolute atomic E-state index is 0.0385. The molecule has 2 amide bonds. The van der Waals surface area contributed by atoms with E-state index < -0.39 is 28.9 Å². The summed E-state index contributed by atoms with van der Waals surface area (Å²) < 4.78 is 53.4. The Morgan fingerprint density at radius 3 is 2.52 bits per heavy atom. The van der Waals surface area contributed by atoms with Gasteiger partial charge in [0.05, 0.1) is 11.5 Å². The van der Waals surface area contributed by atoms with Crippen LogP contribution in [0.2, 0.25) is 0 Å². The number of carbonyl (C=O) groups is 2. The lowest BCUT2D eigenvalue weighted by molar-refractivity contribution is -0.337. The second-order valence-corrected chi connectivity index (χ2v) is 13.8. The van der Waals surface area contributed by atoms with Crippen LogP contribution in [0.1, 0.15) is 55.1 Å². The lowest BCUT2D eigenvalue weighted by atomic mass is 9.39. The van der Waals surface area contributed by atoms with Gasteiger partial charge in [0.15, 0.2) is 17.5 Å². The van der Waals surface area contributed by atoms with Crippen LogP contribution in [0.15, 0.2) is 32.2 Å². The van der Waals surface area contributed by atoms with E-state index in [4.69, 9.17) is 8.83 Å². The molecule has 4 heterocycles. The summed E-state index contributed by atoms with van der Waals surface area (Å²) in [6, 6.07) is 2.66. The van der Waals surface area contributed by atoms with Crippen molar-refractivity contribution in [1.29, 1.82) is 0 Å². The van der Waals surface area contributed by atoms with Crippen LogP contribution in [-0.2, 0) is 17.8 Å². The number of alkyl halides is 3. The third-order valence-corrected chi connectivity index (χ3v) is 10.8. The zero-order valence-corrected chi connectivity index (χ0v) is 26.6. The van der Waals surface area contributed by atoms with Crippen molar-refractivity contribution in [3.05, 3.63) is 40.0 Å². The van der Waals surface area contributed by atoms with Crippen molar-refractivity contribution < 1.29 is 36.7 Å². The molecule has 1 aliphatic heterocycles. The summed E-state index contributed by atoms with van der Waals surface area (Å²) in [5.74, 6) is -1.08. The van der Waals surface area contributed by atoms with Gasteiger partial charge < -0.3 is 38.5 Å². The minimum Gasteiger partial charge on any atom is -0.507 e. The van der Waals surface area contributed by atoms with Crippen LogP contribution in [0.25, 0.3) is 22.3 Å². The Hall–Kier alpha value is -4.76. The maximum absolute atomic E-state index is 14.2. The SMILES string of the molecule is CCc1c(N2CCN(C(=O)c3c(O)ccc4ncoc34)[C@@H]3CC[C@H]32)c(=O)c2nc(N(C)C)oc2n1CC(=O)NC12CC(C(F)(F)F)(C1)C2. The number of phenolic OH excluding ortho intramolecular Hbond substituents is 1. The van der Waals surface area contributed by atoms with Gasteiger partial charge in [-0.2, -0.15) is 18.2 Å². The zero-order valence-electron chi connectivity index (χ0n) is 26.6. The first-order chi connectivity index (χ1) is 22.8. The van der Waals surface area contributed by atoms with Gasteiger partial charge in [0.25, 0.3) is 11.9 Å². The molecular formula is C32H34F3N7O6. The molecule has 9 rings (SSSR count). The molecule has 254 valence electrons. The van der Waals surface area contributed by atoms with E-state index in [0.29, 0.717) is 42.7 Å². The summed E-state index contributed by atoms with van der Waals surface area (Å²) >= 11 is 0. The number of pyridine rings is 1. The van der Waals surface area contributed by atoms with Gasteiger partial charge in [-0.05, 0) is 50.7 Å². The number of fused-ring (bicyclic) bond motifs is 3. The highest BCUT2D eigenvalue weighted by Gasteiger charge is 2.79.